The van der Waals surface area contributed by atoms with Crippen molar-refractivity contribution in [1.29, 1.82) is 0 Å². The number of halogens is 2. The van der Waals surface area contributed by atoms with Gasteiger partial charge >= 0.3 is 0 Å². The standard InChI is InChI=1S/C24H20Cl2N4O/c1-15(2)31-19-11-8-16(9-12-19)23-28-22-6-4-3-5-20(22)24(29-23)30-27-14-17-7-10-18(25)13-21(17)26/h3-15H,1-2H3,(H,28,29,30)/b27-14+. The predicted molar refractivity (Wildman–Crippen MR) is 128 cm³/mol. The molecule has 156 valence electrons. The molecule has 0 fully saturated rings. The van der Waals surface area contributed by atoms with Crippen molar-refractivity contribution in [3.63, 3.8) is 0 Å². The minimum Gasteiger partial charge on any atom is -0.491 e. The number of hydrogen-bond acceptors (Lipinski definition) is 5. The summed E-state index contributed by atoms with van der Waals surface area (Å²) >= 11 is 12.2. The molecule has 5 nitrogen and oxygen atoms in total. The lowest BCUT2D eigenvalue weighted by molar-refractivity contribution is 0.242. The number of hydrazone groups is 1. The normalized spacial score (nSPS) is 11.4. The number of hydrogen-bond donors (Lipinski definition) is 1. The summed E-state index contributed by atoms with van der Waals surface area (Å²) in [5.41, 5.74) is 5.48. The van der Waals surface area contributed by atoms with Gasteiger partial charge in [-0.1, -0.05) is 41.4 Å². The maximum Gasteiger partial charge on any atom is 0.162 e. The average Bonchev–Trinajstić information content (AvgIpc) is 2.75. The SMILES string of the molecule is CC(C)Oc1ccc(-c2nc(N/N=C/c3ccc(Cl)cc3Cl)c3ccccc3n2)cc1. The van der Waals surface area contributed by atoms with Crippen molar-refractivity contribution >= 4 is 46.1 Å². The molecule has 1 aromatic heterocycles. The van der Waals surface area contributed by atoms with Gasteiger partial charge in [0.05, 0.1) is 22.9 Å². The number of nitrogens with zero attached hydrogens (tertiary/aromatic N) is 3. The number of anilines is 1. The largest absolute Gasteiger partial charge is 0.491 e. The molecule has 4 rings (SSSR count). The Labute approximate surface area is 190 Å². The fraction of sp³-hybridized carbons (Fsp3) is 0.125. The molecule has 0 saturated carbocycles. The molecule has 0 radical (unpaired) electrons. The van der Waals surface area contributed by atoms with Crippen molar-refractivity contribution in [2.75, 3.05) is 5.43 Å². The maximum atomic E-state index is 6.22. The highest BCUT2D eigenvalue weighted by Gasteiger charge is 2.10. The molecular weight excluding hydrogens is 431 g/mol. The first-order chi connectivity index (χ1) is 15.0. The summed E-state index contributed by atoms with van der Waals surface area (Å²) in [7, 11) is 0. The van der Waals surface area contributed by atoms with E-state index in [2.05, 4.69) is 10.5 Å². The first kappa shape index (κ1) is 21.1. The Morgan fingerprint density at radius 2 is 1.74 bits per heavy atom. The van der Waals surface area contributed by atoms with Crippen LogP contribution < -0.4 is 10.2 Å². The van der Waals surface area contributed by atoms with Gasteiger partial charge in [0.25, 0.3) is 0 Å². The quantitative estimate of drug-likeness (QED) is 0.258. The zero-order valence-corrected chi connectivity index (χ0v) is 18.5. The molecule has 0 bridgehead atoms. The molecule has 4 aromatic rings. The third-order valence-electron chi connectivity index (χ3n) is 4.42. The Kier molecular flexibility index (Phi) is 6.35. The lowest BCUT2D eigenvalue weighted by atomic mass is 10.1. The Morgan fingerprint density at radius 1 is 0.968 bits per heavy atom. The van der Waals surface area contributed by atoms with Gasteiger partial charge in [-0.15, -0.1) is 0 Å². The minimum atomic E-state index is 0.116. The third kappa shape index (κ3) is 5.13. The molecule has 0 amide bonds. The van der Waals surface area contributed by atoms with Crippen LogP contribution >= 0.6 is 23.2 Å². The highest BCUT2D eigenvalue weighted by Crippen LogP contribution is 2.26. The van der Waals surface area contributed by atoms with Gasteiger partial charge in [-0.3, -0.25) is 5.43 Å². The summed E-state index contributed by atoms with van der Waals surface area (Å²) in [6.07, 6.45) is 1.75. The van der Waals surface area contributed by atoms with Crippen molar-refractivity contribution in [2.45, 2.75) is 20.0 Å². The molecule has 0 aliphatic carbocycles. The maximum absolute atomic E-state index is 6.22. The number of nitrogens with one attached hydrogen (secondary N) is 1. The highest BCUT2D eigenvalue weighted by atomic mass is 35.5. The summed E-state index contributed by atoms with van der Waals surface area (Å²) in [5, 5.41) is 6.29. The number of rotatable bonds is 6. The molecule has 0 aliphatic rings. The minimum absolute atomic E-state index is 0.116. The molecule has 3 aromatic carbocycles. The van der Waals surface area contributed by atoms with E-state index in [9.17, 15) is 0 Å². The molecule has 0 atom stereocenters. The monoisotopic (exact) mass is 450 g/mol. The van der Waals surface area contributed by atoms with Crippen molar-refractivity contribution in [3.05, 3.63) is 82.3 Å². The van der Waals surface area contributed by atoms with Crippen molar-refractivity contribution < 1.29 is 4.74 Å². The summed E-state index contributed by atoms with van der Waals surface area (Å²) < 4.78 is 5.72. The van der Waals surface area contributed by atoms with E-state index in [1.165, 1.54) is 0 Å². The number of benzene rings is 3. The molecule has 0 unspecified atom stereocenters. The van der Waals surface area contributed by atoms with Crippen LogP contribution in [0, 0.1) is 0 Å². The van der Waals surface area contributed by atoms with Crippen molar-refractivity contribution in [1.82, 2.24) is 9.97 Å². The lowest BCUT2D eigenvalue weighted by Crippen LogP contribution is -2.05. The molecule has 0 spiro atoms. The summed E-state index contributed by atoms with van der Waals surface area (Å²) in [6.45, 7) is 3.99. The van der Waals surface area contributed by atoms with Crippen LogP contribution in [0.25, 0.3) is 22.3 Å². The van der Waals surface area contributed by atoms with Gasteiger partial charge in [0.2, 0.25) is 0 Å². The van der Waals surface area contributed by atoms with Gasteiger partial charge in [-0.25, -0.2) is 9.97 Å². The zero-order valence-electron chi connectivity index (χ0n) is 17.0. The van der Waals surface area contributed by atoms with Crippen LogP contribution in [-0.4, -0.2) is 22.3 Å². The molecule has 0 saturated heterocycles. The van der Waals surface area contributed by atoms with Crippen molar-refractivity contribution in [2.24, 2.45) is 5.10 Å². The molecule has 0 aliphatic heterocycles. The van der Waals surface area contributed by atoms with Gasteiger partial charge in [-0.05, 0) is 62.4 Å². The second kappa shape index (κ2) is 9.33. The number of fused-ring (bicyclic) bond motifs is 1. The topological polar surface area (TPSA) is 59.4 Å². The van der Waals surface area contributed by atoms with E-state index in [0.717, 1.165) is 27.8 Å². The highest BCUT2D eigenvalue weighted by molar-refractivity contribution is 6.36. The van der Waals surface area contributed by atoms with Crippen LogP contribution in [0.5, 0.6) is 5.75 Å². The first-order valence-electron chi connectivity index (χ1n) is 9.77. The Balaban J connectivity index is 1.65. The van der Waals surface area contributed by atoms with E-state index in [4.69, 9.17) is 37.9 Å². The van der Waals surface area contributed by atoms with Crippen LogP contribution in [0.2, 0.25) is 10.0 Å². The van der Waals surface area contributed by atoms with Crippen LogP contribution in [0.15, 0.2) is 71.8 Å². The molecule has 7 heteroatoms. The molecule has 1 heterocycles. The summed E-state index contributed by atoms with van der Waals surface area (Å²) in [5.74, 6) is 2.00. The second-order valence-electron chi connectivity index (χ2n) is 7.14. The van der Waals surface area contributed by atoms with E-state index >= 15 is 0 Å². The number of aromatic nitrogens is 2. The average molecular weight is 451 g/mol. The first-order valence-corrected chi connectivity index (χ1v) is 10.5. The van der Waals surface area contributed by atoms with Crippen LogP contribution in [-0.2, 0) is 0 Å². The zero-order chi connectivity index (χ0) is 21.8. The number of para-hydroxylation sites is 1. The predicted octanol–water partition coefficient (Wildman–Crippen LogP) is 6.84. The molecule has 1 N–H and O–H groups in total. The van der Waals surface area contributed by atoms with Crippen LogP contribution in [0.4, 0.5) is 5.82 Å². The second-order valence-corrected chi connectivity index (χ2v) is 7.98. The Bertz CT molecular complexity index is 1240. The van der Waals surface area contributed by atoms with Gasteiger partial charge in [0.1, 0.15) is 5.75 Å². The summed E-state index contributed by atoms with van der Waals surface area (Å²) in [4.78, 5) is 9.41. The van der Waals surface area contributed by atoms with E-state index in [1.54, 1.807) is 24.4 Å². The van der Waals surface area contributed by atoms with E-state index < -0.39 is 0 Å². The molecular formula is C24H20Cl2N4O. The van der Waals surface area contributed by atoms with Gasteiger partial charge < -0.3 is 4.74 Å². The van der Waals surface area contributed by atoms with E-state index in [0.29, 0.717) is 21.7 Å². The third-order valence-corrected chi connectivity index (χ3v) is 4.99. The van der Waals surface area contributed by atoms with Crippen molar-refractivity contribution in [3.8, 4) is 17.1 Å². The van der Waals surface area contributed by atoms with Gasteiger partial charge in [0.15, 0.2) is 11.6 Å². The van der Waals surface area contributed by atoms with Gasteiger partial charge in [-0.2, -0.15) is 5.10 Å². The lowest BCUT2D eigenvalue weighted by Gasteiger charge is -2.11. The van der Waals surface area contributed by atoms with Crippen LogP contribution in [0.3, 0.4) is 0 Å². The number of ether oxygens (including phenoxy) is 1. The van der Waals surface area contributed by atoms with E-state index in [1.807, 2.05) is 62.4 Å². The molecule has 31 heavy (non-hydrogen) atoms. The van der Waals surface area contributed by atoms with Gasteiger partial charge in [0, 0.05) is 21.5 Å². The summed E-state index contributed by atoms with van der Waals surface area (Å²) in [6, 6.07) is 20.8. The van der Waals surface area contributed by atoms with E-state index in [-0.39, 0.29) is 6.10 Å². The fourth-order valence-corrected chi connectivity index (χ4v) is 3.47. The van der Waals surface area contributed by atoms with Crippen LogP contribution in [0.1, 0.15) is 19.4 Å². The Hall–Kier alpha value is -3.15. The Morgan fingerprint density at radius 3 is 2.48 bits per heavy atom. The smallest absolute Gasteiger partial charge is 0.162 e. The fourth-order valence-electron chi connectivity index (χ4n) is 3.01.